The number of rotatable bonds is 6. The maximum absolute atomic E-state index is 12.6. The van der Waals surface area contributed by atoms with Gasteiger partial charge in [-0.05, 0) is 44.4 Å². The summed E-state index contributed by atoms with van der Waals surface area (Å²) in [6, 6.07) is 20.7. The fourth-order valence-electron chi connectivity index (χ4n) is 4.29. The lowest BCUT2D eigenvalue weighted by molar-refractivity contribution is 0.194. The molecule has 2 aromatic carbocycles. The molecule has 4 rings (SSSR count). The molecule has 2 heterocycles. The first-order chi connectivity index (χ1) is 15.1. The number of carbonyl (C=O) groups is 1. The first kappa shape index (κ1) is 21.0. The van der Waals surface area contributed by atoms with E-state index in [1.54, 1.807) is 0 Å². The zero-order valence-corrected chi connectivity index (χ0v) is 18.4. The molecule has 1 fully saturated rings. The van der Waals surface area contributed by atoms with Crippen molar-refractivity contribution < 1.29 is 4.79 Å². The van der Waals surface area contributed by atoms with Gasteiger partial charge in [-0.2, -0.15) is 5.10 Å². The highest BCUT2D eigenvalue weighted by atomic mass is 16.2. The number of urea groups is 1. The molecule has 0 unspecified atom stereocenters. The molecule has 162 valence electrons. The van der Waals surface area contributed by atoms with Crippen LogP contribution in [0.5, 0.6) is 0 Å². The summed E-state index contributed by atoms with van der Waals surface area (Å²) in [7, 11) is 0. The molecule has 6 heteroatoms. The average molecular weight is 418 g/mol. The lowest BCUT2D eigenvalue weighted by atomic mass is 10.1. The van der Waals surface area contributed by atoms with Crippen molar-refractivity contribution in [2.24, 2.45) is 0 Å². The molecule has 1 saturated heterocycles. The highest BCUT2D eigenvalue weighted by molar-refractivity contribution is 5.74. The quantitative estimate of drug-likeness (QED) is 0.618. The van der Waals surface area contributed by atoms with Crippen molar-refractivity contribution in [1.82, 2.24) is 20.0 Å². The van der Waals surface area contributed by atoms with Gasteiger partial charge in [-0.25, -0.2) is 9.48 Å². The summed E-state index contributed by atoms with van der Waals surface area (Å²) in [6.45, 7) is 7.97. The third-order valence-electron chi connectivity index (χ3n) is 5.90. The number of nitrogens with one attached hydrogen (secondary N) is 1. The monoisotopic (exact) mass is 417 g/mol. The zero-order chi connectivity index (χ0) is 21.6. The summed E-state index contributed by atoms with van der Waals surface area (Å²) in [5.74, 6) is 0. The Labute approximate surface area is 184 Å². The van der Waals surface area contributed by atoms with Gasteiger partial charge in [0, 0.05) is 32.7 Å². The number of nitrogens with zero attached hydrogens (tertiary/aromatic N) is 4. The van der Waals surface area contributed by atoms with Gasteiger partial charge in [0.15, 0.2) is 0 Å². The molecule has 2 amide bonds. The smallest absolute Gasteiger partial charge is 0.317 e. The van der Waals surface area contributed by atoms with Crippen LogP contribution in [0.3, 0.4) is 0 Å². The maximum Gasteiger partial charge on any atom is 0.317 e. The van der Waals surface area contributed by atoms with Crippen LogP contribution in [0.15, 0.2) is 60.7 Å². The molecule has 1 aliphatic rings. The number of para-hydroxylation sites is 1. The Morgan fingerprint density at radius 1 is 0.935 bits per heavy atom. The summed E-state index contributed by atoms with van der Waals surface area (Å²) < 4.78 is 2.01. The van der Waals surface area contributed by atoms with E-state index >= 15 is 0 Å². The molecule has 1 aliphatic heterocycles. The summed E-state index contributed by atoms with van der Waals surface area (Å²) in [4.78, 5) is 16.8. The molecule has 0 aliphatic carbocycles. The van der Waals surface area contributed by atoms with Crippen LogP contribution in [-0.2, 0) is 6.42 Å². The third kappa shape index (κ3) is 4.90. The van der Waals surface area contributed by atoms with E-state index in [0.29, 0.717) is 6.54 Å². The second kappa shape index (κ2) is 9.69. The number of anilines is 1. The number of hydrogen-bond acceptors (Lipinski definition) is 3. The first-order valence-electron chi connectivity index (χ1n) is 11.1. The summed E-state index contributed by atoms with van der Waals surface area (Å²) in [5.41, 5.74) is 5.74. The molecular formula is C25H31N5O. The van der Waals surface area contributed by atoms with E-state index in [-0.39, 0.29) is 6.03 Å². The number of carbonyl (C=O) groups excluding carboxylic acids is 1. The summed E-state index contributed by atoms with van der Waals surface area (Å²) in [6.07, 6.45) is 1.94. The van der Waals surface area contributed by atoms with Gasteiger partial charge >= 0.3 is 6.03 Å². The maximum atomic E-state index is 12.6. The molecule has 6 nitrogen and oxygen atoms in total. The van der Waals surface area contributed by atoms with Crippen molar-refractivity contribution in [2.45, 2.75) is 26.7 Å². The van der Waals surface area contributed by atoms with Crippen molar-refractivity contribution in [2.75, 3.05) is 37.6 Å². The minimum Gasteiger partial charge on any atom is -0.365 e. The van der Waals surface area contributed by atoms with E-state index in [2.05, 4.69) is 60.5 Å². The topological polar surface area (TPSA) is 53.4 Å². The largest absolute Gasteiger partial charge is 0.365 e. The van der Waals surface area contributed by atoms with Crippen molar-refractivity contribution in [3.63, 3.8) is 0 Å². The van der Waals surface area contributed by atoms with E-state index in [0.717, 1.165) is 56.1 Å². The van der Waals surface area contributed by atoms with Crippen molar-refractivity contribution in [3.05, 3.63) is 77.6 Å². The molecule has 1 N–H and O–H groups in total. The molecule has 0 atom stereocenters. The van der Waals surface area contributed by atoms with Gasteiger partial charge in [0.25, 0.3) is 0 Å². The molecule has 0 spiro atoms. The SMILES string of the molecule is Cc1nn(-c2ccccc2)c(C)c1N1CCN(C(=O)NCCCc2ccccc2)CC1. The lowest BCUT2D eigenvalue weighted by Crippen LogP contribution is -2.52. The Bertz CT molecular complexity index is 992. The first-order valence-corrected chi connectivity index (χ1v) is 11.1. The normalized spacial score (nSPS) is 14.0. The average Bonchev–Trinajstić information content (AvgIpc) is 3.12. The van der Waals surface area contributed by atoms with Gasteiger partial charge in [0.2, 0.25) is 0 Å². The summed E-state index contributed by atoms with van der Waals surface area (Å²) in [5, 5.41) is 7.84. The second-order valence-electron chi connectivity index (χ2n) is 8.06. The van der Waals surface area contributed by atoms with Gasteiger partial charge in [-0.15, -0.1) is 0 Å². The van der Waals surface area contributed by atoms with Crippen LogP contribution >= 0.6 is 0 Å². The van der Waals surface area contributed by atoms with Crippen LogP contribution in [-0.4, -0.2) is 53.4 Å². The number of aromatic nitrogens is 2. The molecule has 31 heavy (non-hydrogen) atoms. The van der Waals surface area contributed by atoms with Crippen molar-refractivity contribution >= 4 is 11.7 Å². The molecule has 0 radical (unpaired) electrons. The second-order valence-corrected chi connectivity index (χ2v) is 8.06. The Hall–Kier alpha value is -3.28. The fraction of sp³-hybridized carbons (Fsp3) is 0.360. The van der Waals surface area contributed by atoms with E-state index in [4.69, 9.17) is 5.10 Å². The van der Waals surface area contributed by atoms with Gasteiger partial charge < -0.3 is 15.1 Å². The van der Waals surface area contributed by atoms with E-state index in [1.165, 1.54) is 11.3 Å². The minimum atomic E-state index is 0.0427. The van der Waals surface area contributed by atoms with Crippen LogP contribution in [0.2, 0.25) is 0 Å². The Kier molecular flexibility index (Phi) is 6.55. The van der Waals surface area contributed by atoms with E-state index in [1.807, 2.05) is 33.8 Å². The third-order valence-corrected chi connectivity index (χ3v) is 5.90. The Morgan fingerprint density at radius 3 is 2.26 bits per heavy atom. The van der Waals surface area contributed by atoms with Crippen LogP contribution in [0, 0.1) is 13.8 Å². The van der Waals surface area contributed by atoms with Crippen LogP contribution < -0.4 is 10.2 Å². The van der Waals surface area contributed by atoms with Crippen LogP contribution in [0.25, 0.3) is 5.69 Å². The molecular weight excluding hydrogens is 386 g/mol. The number of piperazine rings is 1. The summed E-state index contributed by atoms with van der Waals surface area (Å²) >= 11 is 0. The number of amides is 2. The van der Waals surface area contributed by atoms with E-state index < -0.39 is 0 Å². The predicted molar refractivity (Wildman–Crippen MR) is 125 cm³/mol. The molecule has 1 aromatic heterocycles. The zero-order valence-electron chi connectivity index (χ0n) is 18.4. The van der Waals surface area contributed by atoms with Gasteiger partial charge in [0.1, 0.15) is 0 Å². The molecule has 0 bridgehead atoms. The lowest BCUT2D eigenvalue weighted by Gasteiger charge is -2.36. The van der Waals surface area contributed by atoms with Crippen molar-refractivity contribution in [3.8, 4) is 5.69 Å². The molecule has 0 saturated carbocycles. The van der Waals surface area contributed by atoms with Gasteiger partial charge in [-0.1, -0.05) is 48.5 Å². The number of hydrogen-bond donors (Lipinski definition) is 1. The number of benzene rings is 2. The predicted octanol–water partition coefficient (Wildman–Crippen LogP) is 3.95. The minimum absolute atomic E-state index is 0.0427. The highest BCUT2D eigenvalue weighted by Gasteiger charge is 2.25. The highest BCUT2D eigenvalue weighted by Crippen LogP contribution is 2.27. The van der Waals surface area contributed by atoms with Crippen LogP contribution in [0.1, 0.15) is 23.4 Å². The fourth-order valence-corrected chi connectivity index (χ4v) is 4.29. The van der Waals surface area contributed by atoms with Crippen molar-refractivity contribution in [1.29, 1.82) is 0 Å². The van der Waals surface area contributed by atoms with Gasteiger partial charge in [-0.3, -0.25) is 0 Å². The Balaban J connectivity index is 1.29. The molecule has 3 aromatic rings. The van der Waals surface area contributed by atoms with E-state index in [9.17, 15) is 4.79 Å². The van der Waals surface area contributed by atoms with Gasteiger partial charge in [0.05, 0.1) is 22.8 Å². The van der Waals surface area contributed by atoms with Crippen LogP contribution in [0.4, 0.5) is 10.5 Å². The number of aryl methyl sites for hydroxylation is 2. The standard InChI is InChI=1S/C25H31N5O/c1-20-24(21(2)30(27-20)23-13-7-4-8-14-23)28-16-18-29(19-17-28)25(31)26-15-9-12-22-10-5-3-6-11-22/h3-8,10-11,13-14H,9,12,15-19H2,1-2H3,(H,26,31). The Morgan fingerprint density at radius 2 is 1.58 bits per heavy atom.